The number of hydrogen-bond donors (Lipinski definition) is 2. The second-order valence-electron chi connectivity index (χ2n) is 5.60. The largest absolute Gasteiger partial charge is 0.496 e. The number of carbonyl (C=O) groups excluding carboxylic acids is 1. The van der Waals surface area contributed by atoms with Crippen LogP contribution in [0.1, 0.15) is 11.1 Å². The highest BCUT2D eigenvalue weighted by molar-refractivity contribution is 5.90. The van der Waals surface area contributed by atoms with E-state index in [0.29, 0.717) is 30.4 Å². The van der Waals surface area contributed by atoms with Crippen LogP contribution in [0.2, 0.25) is 0 Å². The zero-order chi connectivity index (χ0) is 18.2. The highest BCUT2D eigenvalue weighted by Crippen LogP contribution is 2.27. The topological polar surface area (TPSA) is 68.8 Å². The fraction of sp³-hybridized carbons (Fsp3) is 0.316. The molecule has 2 aromatic carbocycles. The van der Waals surface area contributed by atoms with Crippen molar-refractivity contribution in [1.29, 1.82) is 0 Å². The van der Waals surface area contributed by atoms with Crippen molar-refractivity contribution in [3.63, 3.8) is 0 Å². The van der Waals surface area contributed by atoms with Gasteiger partial charge >= 0.3 is 6.03 Å². The molecular weight excluding hydrogens is 320 g/mol. The molecule has 0 aliphatic heterocycles. The number of amides is 2. The van der Waals surface area contributed by atoms with E-state index >= 15 is 0 Å². The van der Waals surface area contributed by atoms with E-state index in [-0.39, 0.29) is 6.03 Å². The van der Waals surface area contributed by atoms with E-state index in [1.54, 1.807) is 32.4 Å². The van der Waals surface area contributed by atoms with E-state index in [1.165, 1.54) is 0 Å². The van der Waals surface area contributed by atoms with Crippen LogP contribution in [-0.4, -0.2) is 33.4 Å². The van der Waals surface area contributed by atoms with Crippen molar-refractivity contribution in [2.24, 2.45) is 0 Å². The lowest BCUT2D eigenvalue weighted by Gasteiger charge is -2.12. The molecule has 0 saturated heterocycles. The van der Waals surface area contributed by atoms with Crippen LogP contribution in [-0.2, 0) is 0 Å². The molecular formula is C19H24N2O4. The minimum atomic E-state index is -0.263. The van der Waals surface area contributed by atoms with E-state index < -0.39 is 0 Å². The van der Waals surface area contributed by atoms with E-state index in [2.05, 4.69) is 10.6 Å². The Hall–Kier alpha value is -2.89. The first-order valence-corrected chi connectivity index (χ1v) is 8.00. The number of methoxy groups -OCH3 is 2. The number of aryl methyl sites for hydroxylation is 2. The molecule has 0 aromatic heterocycles. The molecule has 2 amide bonds. The number of carbonyl (C=O) groups is 1. The predicted molar refractivity (Wildman–Crippen MR) is 98.0 cm³/mol. The van der Waals surface area contributed by atoms with Gasteiger partial charge in [0.15, 0.2) is 0 Å². The van der Waals surface area contributed by atoms with Crippen molar-refractivity contribution in [2.45, 2.75) is 13.8 Å². The predicted octanol–water partition coefficient (Wildman–Crippen LogP) is 3.52. The van der Waals surface area contributed by atoms with Gasteiger partial charge < -0.3 is 24.8 Å². The molecule has 0 spiro atoms. The maximum atomic E-state index is 12.0. The summed E-state index contributed by atoms with van der Waals surface area (Å²) in [4.78, 5) is 12.0. The first kappa shape index (κ1) is 18.4. The third-order valence-corrected chi connectivity index (χ3v) is 3.62. The minimum Gasteiger partial charge on any atom is -0.496 e. The number of ether oxygens (including phenoxy) is 3. The standard InChI is InChI=1S/C19H24N2O4/c1-13-5-6-14(2)18(9-13)21-19(22)20-7-8-25-17-11-15(23-3)10-16(12-17)24-4/h5-6,9-12H,7-8H2,1-4H3,(H2,20,21,22). The maximum absolute atomic E-state index is 12.0. The van der Waals surface area contributed by atoms with Crippen LogP contribution in [0.4, 0.5) is 10.5 Å². The number of anilines is 1. The molecule has 0 saturated carbocycles. The molecule has 0 radical (unpaired) electrons. The smallest absolute Gasteiger partial charge is 0.319 e. The second-order valence-corrected chi connectivity index (χ2v) is 5.60. The molecule has 2 N–H and O–H groups in total. The monoisotopic (exact) mass is 344 g/mol. The summed E-state index contributed by atoms with van der Waals surface area (Å²) in [7, 11) is 3.16. The normalized spacial score (nSPS) is 10.1. The molecule has 0 unspecified atom stereocenters. The summed E-state index contributed by atoms with van der Waals surface area (Å²) in [6.45, 7) is 4.64. The van der Waals surface area contributed by atoms with Crippen molar-refractivity contribution >= 4 is 11.7 Å². The molecule has 6 heteroatoms. The van der Waals surface area contributed by atoms with Gasteiger partial charge in [0.05, 0.1) is 20.8 Å². The number of urea groups is 1. The maximum Gasteiger partial charge on any atom is 0.319 e. The molecule has 6 nitrogen and oxygen atoms in total. The van der Waals surface area contributed by atoms with E-state index in [0.717, 1.165) is 16.8 Å². The highest BCUT2D eigenvalue weighted by atomic mass is 16.5. The number of nitrogens with one attached hydrogen (secondary N) is 2. The summed E-state index contributed by atoms with van der Waals surface area (Å²) in [6.07, 6.45) is 0. The third-order valence-electron chi connectivity index (χ3n) is 3.62. The second kappa shape index (κ2) is 8.82. The van der Waals surface area contributed by atoms with Crippen molar-refractivity contribution < 1.29 is 19.0 Å². The van der Waals surface area contributed by atoms with Crippen molar-refractivity contribution in [1.82, 2.24) is 5.32 Å². The zero-order valence-electron chi connectivity index (χ0n) is 15.0. The molecule has 134 valence electrons. The fourth-order valence-electron chi connectivity index (χ4n) is 2.24. The summed E-state index contributed by atoms with van der Waals surface area (Å²) in [6, 6.07) is 11.0. The lowest BCUT2D eigenvalue weighted by atomic mass is 10.1. The first-order valence-electron chi connectivity index (χ1n) is 8.00. The van der Waals surface area contributed by atoms with Gasteiger partial charge in [-0.05, 0) is 31.0 Å². The average molecular weight is 344 g/mol. The Morgan fingerprint density at radius 1 is 0.960 bits per heavy atom. The molecule has 0 aliphatic rings. The molecule has 2 aromatic rings. The van der Waals surface area contributed by atoms with Gasteiger partial charge in [-0.1, -0.05) is 12.1 Å². The van der Waals surface area contributed by atoms with E-state index in [1.807, 2.05) is 32.0 Å². The molecule has 0 aliphatic carbocycles. The number of rotatable bonds is 7. The molecule has 25 heavy (non-hydrogen) atoms. The van der Waals surface area contributed by atoms with Gasteiger partial charge in [0.25, 0.3) is 0 Å². The third kappa shape index (κ3) is 5.60. The summed E-state index contributed by atoms with van der Waals surface area (Å²) in [5, 5.41) is 5.61. The lowest BCUT2D eigenvalue weighted by Crippen LogP contribution is -2.32. The van der Waals surface area contributed by atoms with Crippen LogP contribution in [0.15, 0.2) is 36.4 Å². The lowest BCUT2D eigenvalue weighted by molar-refractivity contribution is 0.247. The van der Waals surface area contributed by atoms with Gasteiger partial charge in [-0.2, -0.15) is 0 Å². The Morgan fingerprint density at radius 3 is 2.24 bits per heavy atom. The molecule has 0 bridgehead atoms. The summed E-state index contributed by atoms with van der Waals surface area (Å²) in [5.74, 6) is 1.91. The quantitative estimate of drug-likeness (QED) is 0.754. The SMILES string of the molecule is COc1cc(OC)cc(OCCNC(=O)Nc2cc(C)ccc2C)c1. The molecule has 0 heterocycles. The Balaban J connectivity index is 1.81. The van der Waals surface area contributed by atoms with Crippen molar-refractivity contribution in [3.8, 4) is 17.2 Å². The molecule has 0 atom stereocenters. The first-order chi connectivity index (χ1) is 12.0. The van der Waals surface area contributed by atoms with Gasteiger partial charge in [0.1, 0.15) is 23.9 Å². The van der Waals surface area contributed by atoms with Crippen molar-refractivity contribution in [3.05, 3.63) is 47.5 Å². The van der Waals surface area contributed by atoms with Crippen LogP contribution >= 0.6 is 0 Å². The Kier molecular flexibility index (Phi) is 6.51. The average Bonchev–Trinajstić information content (AvgIpc) is 2.61. The Bertz CT molecular complexity index is 709. The van der Waals surface area contributed by atoms with E-state index in [9.17, 15) is 4.79 Å². The number of benzene rings is 2. The van der Waals surface area contributed by atoms with E-state index in [4.69, 9.17) is 14.2 Å². The van der Waals surface area contributed by atoms with Gasteiger partial charge in [-0.15, -0.1) is 0 Å². The summed E-state index contributed by atoms with van der Waals surface area (Å²) < 4.78 is 16.0. The van der Waals surface area contributed by atoms with Crippen molar-refractivity contribution in [2.75, 3.05) is 32.7 Å². The highest BCUT2D eigenvalue weighted by Gasteiger charge is 2.05. The molecule has 2 rings (SSSR count). The molecule has 0 fully saturated rings. The Morgan fingerprint density at radius 2 is 1.60 bits per heavy atom. The fourth-order valence-corrected chi connectivity index (χ4v) is 2.24. The van der Waals surface area contributed by atoms with Crippen LogP contribution < -0.4 is 24.8 Å². The van der Waals surface area contributed by atoms with Gasteiger partial charge in [0.2, 0.25) is 0 Å². The van der Waals surface area contributed by atoms with Crippen LogP contribution in [0.5, 0.6) is 17.2 Å². The van der Waals surface area contributed by atoms with Crippen LogP contribution in [0.25, 0.3) is 0 Å². The van der Waals surface area contributed by atoms with Crippen LogP contribution in [0, 0.1) is 13.8 Å². The van der Waals surface area contributed by atoms with Gasteiger partial charge in [0, 0.05) is 23.9 Å². The number of hydrogen-bond acceptors (Lipinski definition) is 4. The summed E-state index contributed by atoms with van der Waals surface area (Å²) in [5.41, 5.74) is 2.91. The minimum absolute atomic E-state index is 0.263. The zero-order valence-corrected chi connectivity index (χ0v) is 15.0. The Labute approximate surface area is 148 Å². The van der Waals surface area contributed by atoms with Gasteiger partial charge in [-0.25, -0.2) is 4.79 Å². The van der Waals surface area contributed by atoms with Gasteiger partial charge in [-0.3, -0.25) is 0 Å². The van der Waals surface area contributed by atoms with Crippen LogP contribution in [0.3, 0.4) is 0 Å². The summed E-state index contributed by atoms with van der Waals surface area (Å²) >= 11 is 0.